The van der Waals surface area contributed by atoms with Crippen LogP contribution in [0.2, 0.25) is 0 Å². The van der Waals surface area contributed by atoms with Crippen LogP contribution in [0.3, 0.4) is 0 Å². The lowest BCUT2D eigenvalue weighted by Crippen LogP contribution is -2.36. The van der Waals surface area contributed by atoms with Gasteiger partial charge in [0.1, 0.15) is 30.8 Å². The lowest BCUT2D eigenvalue weighted by Gasteiger charge is -2.24. The molecule has 2 heterocycles. The molecule has 13 nitrogen and oxygen atoms in total. The number of hydrogen-bond donors (Lipinski definition) is 2. The molecule has 2 N–H and O–H groups in total. The number of rotatable bonds is 12. The predicted octanol–water partition coefficient (Wildman–Crippen LogP) is 2.65. The molecule has 4 rings (SSSR count). The lowest BCUT2D eigenvalue weighted by molar-refractivity contribution is -0.146. The Kier molecular flexibility index (Phi) is 9.56. The molecule has 1 saturated heterocycles. The average molecular weight is 576 g/mol. The van der Waals surface area contributed by atoms with E-state index >= 15 is 0 Å². The number of carbonyl (C=O) groups excluding carboxylic acids is 1. The monoisotopic (exact) mass is 575 g/mol. The number of benzene rings is 2. The first kappa shape index (κ1) is 29.2. The van der Waals surface area contributed by atoms with Gasteiger partial charge in [-0.25, -0.2) is 9.36 Å². The van der Waals surface area contributed by atoms with Gasteiger partial charge in [0.15, 0.2) is 12.5 Å². The van der Waals surface area contributed by atoms with Gasteiger partial charge in [0.25, 0.3) is 5.56 Å². The number of aromatic nitrogens is 2. The zero-order valence-electron chi connectivity index (χ0n) is 22.1. The highest BCUT2D eigenvalue weighted by Crippen LogP contribution is 2.45. The SMILES string of the molecule is COc1ccc(OP(=O)(N[C@@H](C)C(=O)OCc2ccccc2)OC[C@@H]2OC[C@H](n3cc(C)c(=O)[nH]c3=O)O2)cc1. The summed E-state index contributed by atoms with van der Waals surface area (Å²) in [5.41, 5.74) is -0.0561. The van der Waals surface area contributed by atoms with Crippen molar-refractivity contribution in [1.82, 2.24) is 14.6 Å². The second-order valence-electron chi connectivity index (χ2n) is 8.84. The van der Waals surface area contributed by atoms with Gasteiger partial charge in [-0.15, -0.1) is 0 Å². The van der Waals surface area contributed by atoms with Gasteiger partial charge in [0.05, 0.1) is 13.7 Å². The smallest absolute Gasteiger partial charge is 0.459 e. The summed E-state index contributed by atoms with van der Waals surface area (Å²) in [4.78, 5) is 38.7. The zero-order chi connectivity index (χ0) is 28.7. The maximum atomic E-state index is 13.8. The molecule has 2 aromatic carbocycles. The normalized spacial score (nSPS) is 19.0. The standard InChI is InChI=1S/C26H30N3O10P/c1-17-13-29(26(32)27-24(17)30)22-15-35-23(38-22)16-37-40(33,39-21-11-9-20(34-3)10-12-21)28-18(2)25(31)36-14-19-7-5-4-6-8-19/h4-13,18,22-23H,14-16H2,1-3H3,(H,28,33)(H,27,30,32)/t18-,22+,23+,40?/m0/s1. The van der Waals surface area contributed by atoms with Crippen LogP contribution in [-0.4, -0.2) is 48.2 Å². The molecule has 0 amide bonds. The van der Waals surface area contributed by atoms with Crippen LogP contribution >= 0.6 is 7.75 Å². The largest absolute Gasteiger partial charge is 0.497 e. The Morgan fingerprint density at radius 3 is 2.55 bits per heavy atom. The molecule has 1 aliphatic rings. The Hall–Kier alpha value is -3.74. The molecule has 3 aromatic rings. The minimum atomic E-state index is -4.21. The number of methoxy groups -OCH3 is 1. The van der Waals surface area contributed by atoms with Crippen LogP contribution in [0.4, 0.5) is 0 Å². The number of H-pyrrole nitrogens is 1. The molecule has 0 spiro atoms. The lowest BCUT2D eigenvalue weighted by atomic mass is 10.2. The van der Waals surface area contributed by atoms with E-state index in [1.54, 1.807) is 19.1 Å². The molecule has 0 radical (unpaired) electrons. The molecular weight excluding hydrogens is 545 g/mol. The van der Waals surface area contributed by atoms with E-state index in [-0.39, 0.29) is 25.6 Å². The highest BCUT2D eigenvalue weighted by molar-refractivity contribution is 7.52. The summed E-state index contributed by atoms with van der Waals surface area (Å²) < 4.78 is 47.9. The van der Waals surface area contributed by atoms with E-state index in [1.165, 1.54) is 36.9 Å². The summed E-state index contributed by atoms with van der Waals surface area (Å²) in [6.07, 6.45) is -0.516. The van der Waals surface area contributed by atoms with Gasteiger partial charge in [0.2, 0.25) is 0 Å². The quantitative estimate of drug-likeness (QED) is 0.242. The van der Waals surface area contributed by atoms with Crippen LogP contribution in [0.5, 0.6) is 11.5 Å². The zero-order valence-corrected chi connectivity index (χ0v) is 23.0. The van der Waals surface area contributed by atoms with E-state index in [9.17, 15) is 18.9 Å². The minimum Gasteiger partial charge on any atom is -0.497 e. The van der Waals surface area contributed by atoms with Crippen molar-refractivity contribution in [3.8, 4) is 11.5 Å². The fourth-order valence-electron chi connectivity index (χ4n) is 3.64. The van der Waals surface area contributed by atoms with Crippen molar-refractivity contribution in [2.24, 2.45) is 0 Å². The van der Waals surface area contributed by atoms with Crippen LogP contribution in [-0.2, 0) is 34.7 Å². The summed E-state index contributed by atoms with van der Waals surface area (Å²) >= 11 is 0. The second kappa shape index (κ2) is 13.1. The van der Waals surface area contributed by atoms with E-state index in [1.807, 2.05) is 30.3 Å². The van der Waals surface area contributed by atoms with Gasteiger partial charge in [-0.3, -0.25) is 23.7 Å². The van der Waals surface area contributed by atoms with E-state index < -0.39 is 43.5 Å². The summed E-state index contributed by atoms with van der Waals surface area (Å²) in [6, 6.07) is 14.3. The molecular formula is C26H30N3O10P. The third-order valence-corrected chi connectivity index (χ3v) is 7.43. The molecule has 1 unspecified atom stereocenters. The van der Waals surface area contributed by atoms with Gasteiger partial charge in [-0.2, -0.15) is 5.09 Å². The molecule has 1 aliphatic heterocycles. The van der Waals surface area contributed by atoms with Crippen LogP contribution in [0.15, 0.2) is 70.4 Å². The number of esters is 1. The average Bonchev–Trinajstić information content (AvgIpc) is 3.42. The number of nitrogens with zero attached hydrogens (tertiary/aromatic N) is 1. The van der Waals surface area contributed by atoms with E-state index in [0.29, 0.717) is 11.3 Å². The molecule has 0 bridgehead atoms. The summed E-state index contributed by atoms with van der Waals surface area (Å²) in [5, 5.41) is 2.60. The van der Waals surface area contributed by atoms with Crippen LogP contribution < -0.4 is 25.6 Å². The number of carbonyl (C=O) groups is 1. The molecule has 40 heavy (non-hydrogen) atoms. The molecule has 14 heteroatoms. The van der Waals surface area contributed by atoms with Gasteiger partial charge >= 0.3 is 19.4 Å². The van der Waals surface area contributed by atoms with Gasteiger partial charge in [-0.1, -0.05) is 30.3 Å². The highest BCUT2D eigenvalue weighted by atomic mass is 31.2. The van der Waals surface area contributed by atoms with Crippen molar-refractivity contribution in [1.29, 1.82) is 0 Å². The van der Waals surface area contributed by atoms with Crippen molar-refractivity contribution >= 4 is 13.7 Å². The fourth-order valence-corrected chi connectivity index (χ4v) is 5.12. The Morgan fingerprint density at radius 1 is 1.15 bits per heavy atom. The Bertz CT molecular complexity index is 1460. The van der Waals surface area contributed by atoms with Crippen molar-refractivity contribution in [2.75, 3.05) is 20.3 Å². The number of aryl methyl sites for hydroxylation is 1. The van der Waals surface area contributed by atoms with Crippen LogP contribution in [0.25, 0.3) is 0 Å². The highest BCUT2D eigenvalue weighted by Gasteiger charge is 2.36. The van der Waals surface area contributed by atoms with Crippen molar-refractivity contribution < 1.29 is 37.4 Å². The Balaban J connectivity index is 1.42. The first-order valence-electron chi connectivity index (χ1n) is 12.3. The van der Waals surface area contributed by atoms with Crippen LogP contribution in [0, 0.1) is 6.92 Å². The van der Waals surface area contributed by atoms with E-state index in [4.69, 9.17) is 28.0 Å². The molecule has 0 aliphatic carbocycles. The Labute approximate surface area is 229 Å². The molecule has 0 saturated carbocycles. The van der Waals surface area contributed by atoms with Crippen molar-refractivity contribution in [3.63, 3.8) is 0 Å². The first-order chi connectivity index (χ1) is 19.2. The summed E-state index contributed by atoms with van der Waals surface area (Å²) in [7, 11) is -2.70. The molecule has 1 aromatic heterocycles. The fraction of sp³-hybridized carbons (Fsp3) is 0.346. The van der Waals surface area contributed by atoms with Crippen molar-refractivity contribution in [3.05, 3.63) is 92.8 Å². The van der Waals surface area contributed by atoms with Gasteiger partial charge in [-0.05, 0) is 43.7 Å². The van der Waals surface area contributed by atoms with Crippen LogP contribution in [0.1, 0.15) is 24.3 Å². The molecule has 1 fully saturated rings. The molecule has 214 valence electrons. The number of hydrogen-bond acceptors (Lipinski definition) is 10. The van der Waals surface area contributed by atoms with E-state index in [2.05, 4.69) is 10.1 Å². The maximum absolute atomic E-state index is 13.8. The summed E-state index contributed by atoms with van der Waals surface area (Å²) in [6.45, 7) is 2.64. The van der Waals surface area contributed by atoms with E-state index in [0.717, 1.165) is 5.56 Å². The third kappa shape index (κ3) is 7.68. The number of nitrogens with one attached hydrogen (secondary N) is 2. The number of ether oxygens (including phenoxy) is 4. The Morgan fingerprint density at radius 2 is 1.85 bits per heavy atom. The maximum Gasteiger partial charge on any atom is 0.459 e. The second-order valence-corrected chi connectivity index (χ2v) is 10.5. The third-order valence-electron chi connectivity index (χ3n) is 5.78. The first-order valence-corrected chi connectivity index (χ1v) is 13.9. The van der Waals surface area contributed by atoms with Crippen molar-refractivity contribution in [2.45, 2.75) is 39.0 Å². The topological polar surface area (TPSA) is 156 Å². The van der Waals surface area contributed by atoms with Gasteiger partial charge in [0, 0.05) is 11.8 Å². The predicted molar refractivity (Wildman–Crippen MR) is 142 cm³/mol. The minimum absolute atomic E-state index is 0.0291. The van der Waals surface area contributed by atoms with Gasteiger partial charge < -0.3 is 23.5 Å². The summed E-state index contributed by atoms with van der Waals surface area (Å²) in [5.74, 6) is 0.0654. The number of aromatic amines is 1. The molecule has 4 atom stereocenters.